The average molecular weight is 450 g/mol. The van der Waals surface area contributed by atoms with Gasteiger partial charge in [-0.2, -0.15) is 5.26 Å². The van der Waals surface area contributed by atoms with Crippen molar-refractivity contribution in [2.45, 2.75) is 32.2 Å². The number of rotatable bonds is 4. The zero-order valence-corrected chi connectivity index (χ0v) is 17.8. The summed E-state index contributed by atoms with van der Waals surface area (Å²) in [5.74, 6) is -3.45. The molecule has 168 valence electrons. The summed E-state index contributed by atoms with van der Waals surface area (Å²) in [5, 5.41) is 21.9. The molecule has 8 nitrogen and oxygen atoms in total. The highest BCUT2D eigenvalue weighted by molar-refractivity contribution is 6.01. The number of aromatic nitrogens is 3. The number of aromatic amines is 1. The topological polar surface area (TPSA) is 124 Å². The Bertz CT molecular complexity index is 1280. The number of anilines is 1. The quantitative estimate of drug-likeness (QED) is 0.564. The molecule has 0 fully saturated rings. The van der Waals surface area contributed by atoms with E-state index in [1.807, 2.05) is 6.07 Å². The van der Waals surface area contributed by atoms with Gasteiger partial charge in [0, 0.05) is 12.5 Å². The van der Waals surface area contributed by atoms with Crippen molar-refractivity contribution in [3.8, 4) is 6.07 Å². The molecule has 0 bridgehead atoms. The van der Waals surface area contributed by atoms with Crippen LogP contribution in [0.1, 0.15) is 52.9 Å². The number of nitriles is 1. The second-order valence-electron chi connectivity index (χ2n) is 8.05. The fourth-order valence-electron chi connectivity index (χ4n) is 3.93. The van der Waals surface area contributed by atoms with Crippen molar-refractivity contribution in [3.63, 3.8) is 0 Å². The van der Waals surface area contributed by atoms with E-state index in [-0.39, 0.29) is 11.5 Å². The molecule has 3 aromatic rings. The molecule has 3 N–H and O–H groups in total. The van der Waals surface area contributed by atoms with E-state index in [0.717, 1.165) is 5.56 Å². The van der Waals surface area contributed by atoms with Crippen LogP contribution in [0, 0.1) is 28.9 Å². The van der Waals surface area contributed by atoms with Crippen molar-refractivity contribution < 1.29 is 18.4 Å². The van der Waals surface area contributed by atoms with Gasteiger partial charge in [0.1, 0.15) is 23.5 Å². The molecule has 2 amide bonds. The first kappa shape index (κ1) is 22.1. The van der Waals surface area contributed by atoms with Gasteiger partial charge < -0.3 is 15.6 Å². The Morgan fingerprint density at radius 3 is 2.76 bits per heavy atom. The van der Waals surface area contributed by atoms with Crippen LogP contribution in [0.4, 0.5) is 14.5 Å². The molecule has 1 aromatic heterocycles. The van der Waals surface area contributed by atoms with Crippen LogP contribution in [0.25, 0.3) is 0 Å². The molecule has 0 radical (unpaired) electrons. The van der Waals surface area contributed by atoms with Gasteiger partial charge in [0.05, 0.1) is 17.3 Å². The van der Waals surface area contributed by atoms with E-state index >= 15 is 0 Å². The Morgan fingerprint density at radius 2 is 2.00 bits per heavy atom. The number of benzene rings is 2. The van der Waals surface area contributed by atoms with Gasteiger partial charge in [0.2, 0.25) is 11.7 Å². The molecule has 4 rings (SSSR count). The third kappa shape index (κ3) is 4.43. The molecule has 2 aromatic carbocycles. The normalized spacial score (nSPS) is 19.7. The predicted molar refractivity (Wildman–Crippen MR) is 114 cm³/mol. The smallest absolute Gasteiger partial charge is 0.289 e. The number of carbonyl (C=O) groups excluding carboxylic acids is 2. The van der Waals surface area contributed by atoms with Gasteiger partial charge in [-0.1, -0.05) is 26.0 Å². The van der Waals surface area contributed by atoms with Crippen LogP contribution in [0.15, 0.2) is 36.4 Å². The lowest BCUT2D eigenvalue weighted by Gasteiger charge is -2.25. The zero-order chi connectivity index (χ0) is 23.7. The minimum atomic E-state index is -1.01. The SMILES string of the molecule is C[C@@H]1[C@H](NC(=O)c2nnc(Cc3cccc(C#N)c3)[nH]2)C(=O)Nc2c(F)cc(F)cc2[C@@H]1C. The van der Waals surface area contributed by atoms with E-state index in [2.05, 4.69) is 31.9 Å². The van der Waals surface area contributed by atoms with Crippen LogP contribution in [-0.4, -0.2) is 33.0 Å². The summed E-state index contributed by atoms with van der Waals surface area (Å²) in [6, 6.07) is 9.90. The van der Waals surface area contributed by atoms with E-state index in [4.69, 9.17) is 5.26 Å². The molecule has 2 heterocycles. The molecule has 0 aliphatic carbocycles. The predicted octanol–water partition coefficient (Wildman–Crippen LogP) is 3.04. The van der Waals surface area contributed by atoms with Gasteiger partial charge in [-0.15, -0.1) is 10.2 Å². The molecular weight excluding hydrogens is 430 g/mol. The lowest BCUT2D eigenvalue weighted by molar-refractivity contribution is -0.119. The maximum Gasteiger partial charge on any atom is 0.289 e. The summed E-state index contributed by atoms with van der Waals surface area (Å²) in [4.78, 5) is 28.4. The van der Waals surface area contributed by atoms with Crippen LogP contribution in [0.5, 0.6) is 0 Å². The molecule has 1 aliphatic rings. The van der Waals surface area contributed by atoms with E-state index in [1.165, 1.54) is 6.07 Å². The molecule has 0 unspecified atom stereocenters. The Kier molecular flexibility index (Phi) is 5.87. The summed E-state index contributed by atoms with van der Waals surface area (Å²) in [6.07, 6.45) is 0.327. The van der Waals surface area contributed by atoms with Crippen molar-refractivity contribution in [3.05, 3.63) is 76.4 Å². The average Bonchev–Trinajstić information content (AvgIpc) is 3.23. The van der Waals surface area contributed by atoms with Crippen molar-refractivity contribution in [2.24, 2.45) is 5.92 Å². The highest BCUT2D eigenvalue weighted by Crippen LogP contribution is 2.37. The number of hydrogen-bond acceptors (Lipinski definition) is 5. The van der Waals surface area contributed by atoms with Crippen molar-refractivity contribution in [1.82, 2.24) is 20.5 Å². The van der Waals surface area contributed by atoms with E-state index < -0.39 is 41.3 Å². The standard InChI is InChI=1S/C23H20F2N6O2/c1-11-12(2)19(22(32)29-20-16(11)8-15(24)9-17(20)25)28-23(33)21-27-18(30-31-21)7-13-4-3-5-14(6-13)10-26/h3-6,8-9,11-12,19H,7H2,1-2H3,(H,28,33)(H,29,32)(H,27,30,31)/t11-,12+,19+/m1/s1. The number of H-pyrrole nitrogens is 1. The minimum absolute atomic E-state index is 0.0842. The first-order valence-electron chi connectivity index (χ1n) is 10.3. The van der Waals surface area contributed by atoms with E-state index in [9.17, 15) is 18.4 Å². The van der Waals surface area contributed by atoms with Crippen molar-refractivity contribution >= 4 is 17.5 Å². The summed E-state index contributed by atoms with van der Waals surface area (Å²) in [7, 11) is 0. The van der Waals surface area contributed by atoms with Crippen LogP contribution in [0.2, 0.25) is 0 Å². The number of hydrogen-bond donors (Lipinski definition) is 3. The van der Waals surface area contributed by atoms with Gasteiger partial charge >= 0.3 is 0 Å². The Labute approximate surface area is 188 Å². The Hall–Kier alpha value is -4.13. The zero-order valence-electron chi connectivity index (χ0n) is 17.8. The summed E-state index contributed by atoms with van der Waals surface area (Å²) < 4.78 is 28.0. The summed E-state index contributed by atoms with van der Waals surface area (Å²) in [6.45, 7) is 3.46. The fraction of sp³-hybridized carbons (Fsp3) is 0.261. The summed E-state index contributed by atoms with van der Waals surface area (Å²) in [5.41, 5.74) is 1.56. The Morgan fingerprint density at radius 1 is 1.21 bits per heavy atom. The first-order chi connectivity index (χ1) is 15.8. The number of carbonyl (C=O) groups is 2. The van der Waals surface area contributed by atoms with Crippen LogP contribution in [-0.2, 0) is 11.2 Å². The second-order valence-corrected chi connectivity index (χ2v) is 8.05. The van der Waals surface area contributed by atoms with Crippen molar-refractivity contribution in [2.75, 3.05) is 5.32 Å². The lowest BCUT2D eigenvalue weighted by atomic mass is 9.84. The molecule has 1 aliphatic heterocycles. The number of amides is 2. The molecule has 0 spiro atoms. The molecule has 3 atom stereocenters. The maximum absolute atomic E-state index is 14.3. The minimum Gasteiger partial charge on any atom is -0.337 e. The van der Waals surface area contributed by atoms with E-state index in [0.29, 0.717) is 29.4 Å². The van der Waals surface area contributed by atoms with Gasteiger partial charge in [0.15, 0.2) is 0 Å². The molecular formula is C23H20F2N6O2. The first-order valence-corrected chi connectivity index (χ1v) is 10.3. The molecule has 0 saturated heterocycles. The highest BCUT2D eigenvalue weighted by Gasteiger charge is 2.37. The maximum atomic E-state index is 14.3. The highest BCUT2D eigenvalue weighted by atomic mass is 19.1. The van der Waals surface area contributed by atoms with Crippen LogP contribution >= 0.6 is 0 Å². The van der Waals surface area contributed by atoms with Crippen molar-refractivity contribution in [1.29, 1.82) is 5.26 Å². The molecule has 33 heavy (non-hydrogen) atoms. The molecule has 0 saturated carbocycles. The molecule has 10 heteroatoms. The Balaban J connectivity index is 1.51. The van der Waals surface area contributed by atoms with Gasteiger partial charge in [-0.3, -0.25) is 9.59 Å². The van der Waals surface area contributed by atoms with Gasteiger partial charge in [-0.25, -0.2) is 8.78 Å². The lowest BCUT2D eigenvalue weighted by Crippen LogP contribution is -2.48. The van der Waals surface area contributed by atoms with Gasteiger partial charge in [0.25, 0.3) is 5.91 Å². The van der Waals surface area contributed by atoms with Gasteiger partial charge in [-0.05, 0) is 41.2 Å². The largest absolute Gasteiger partial charge is 0.337 e. The number of halogens is 2. The van der Waals surface area contributed by atoms with E-state index in [1.54, 1.807) is 32.0 Å². The number of nitrogens with zero attached hydrogens (tertiary/aromatic N) is 3. The third-order valence-electron chi connectivity index (χ3n) is 5.88. The van der Waals surface area contributed by atoms with Crippen LogP contribution < -0.4 is 10.6 Å². The third-order valence-corrected chi connectivity index (χ3v) is 5.88. The monoisotopic (exact) mass is 450 g/mol. The number of nitrogens with one attached hydrogen (secondary N) is 3. The number of fused-ring (bicyclic) bond motifs is 1. The fourth-order valence-corrected chi connectivity index (χ4v) is 3.93. The summed E-state index contributed by atoms with van der Waals surface area (Å²) >= 11 is 0. The second kappa shape index (κ2) is 8.78. The van der Waals surface area contributed by atoms with Crippen LogP contribution in [0.3, 0.4) is 0 Å².